The van der Waals surface area contributed by atoms with Gasteiger partial charge in [0.1, 0.15) is 6.61 Å². The molecule has 5 nitrogen and oxygen atoms in total. The topological polar surface area (TPSA) is 66.8 Å². The number of rotatable bonds is 10. The SMILES string of the molecule is CCCCCCC[C@@H](O)C(C)C(=O)N1C(=O)OCC1Cc1ccccc1. The fraction of sp³-hybridized carbons (Fsp3) is 0.619. The zero-order valence-corrected chi connectivity index (χ0v) is 15.9. The van der Waals surface area contributed by atoms with Crippen molar-refractivity contribution in [2.75, 3.05) is 6.61 Å². The average molecular weight is 361 g/mol. The third-order valence-electron chi connectivity index (χ3n) is 5.08. The minimum Gasteiger partial charge on any atom is -0.447 e. The van der Waals surface area contributed by atoms with Crippen LogP contribution in [0.5, 0.6) is 0 Å². The van der Waals surface area contributed by atoms with Gasteiger partial charge in [0.05, 0.1) is 18.1 Å². The third-order valence-corrected chi connectivity index (χ3v) is 5.08. The molecule has 0 spiro atoms. The van der Waals surface area contributed by atoms with Crippen LogP contribution in [0.2, 0.25) is 0 Å². The monoisotopic (exact) mass is 361 g/mol. The second kappa shape index (κ2) is 10.3. The summed E-state index contributed by atoms with van der Waals surface area (Å²) in [6.45, 7) is 4.07. The maximum atomic E-state index is 12.8. The minimum absolute atomic E-state index is 0.208. The quantitative estimate of drug-likeness (QED) is 0.641. The first-order valence-electron chi connectivity index (χ1n) is 9.76. The lowest BCUT2D eigenvalue weighted by Crippen LogP contribution is -2.45. The predicted molar refractivity (Wildman–Crippen MR) is 101 cm³/mol. The molecule has 1 fully saturated rings. The molecule has 0 aromatic heterocycles. The Morgan fingerprint density at radius 1 is 1.23 bits per heavy atom. The lowest BCUT2D eigenvalue weighted by molar-refractivity contribution is -0.136. The maximum Gasteiger partial charge on any atom is 0.416 e. The molecule has 2 rings (SSSR count). The van der Waals surface area contributed by atoms with E-state index in [0.29, 0.717) is 12.8 Å². The molecular formula is C21H31NO4. The van der Waals surface area contributed by atoms with Crippen molar-refractivity contribution < 1.29 is 19.4 Å². The molecule has 1 N–H and O–H groups in total. The molecule has 5 heteroatoms. The molecule has 2 unspecified atom stereocenters. The zero-order valence-electron chi connectivity index (χ0n) is 15.9. The van der Waals surface area contributed by atoms with Gasteiger partial charge in [-0.25, -0.2) is 9.69 Å². The summed E-state index contributed by atoms with van der Waals surface area (Å²) in [6.07, 6.45) is 5.32. The van der Waals surface area contributed by atoms with Crippen molar-refractivity contribution >= 4 is 12.0 Å². The second-order valence-electron chi connectivity index (χ2n) is 7.19. The van der Waals surface area contributed by atoms with Gasteiger partial charge in [-0.3, -0.25) is 4.79 Å². The summed E-state index contributed by atoms with van der Waals surface area (Å²) in [5.74, 6) is -0.945. The number of carbonyl (C=O) groups is 2. The minimum atomic E-state index is -0.727. The van der Waals surface area contributed by atoms with Gasteiger partial charge in [0, 0.05) is 0 Å². The molecule has 1 heterocycles. The lowest BCUT2D eigenvalue weighted by Gasteiger charge is -2.25. The molecule has 0 bridgehead atoms. The Balaban J connectivity index is 1.91. The van der Waals surface area contributed by atoms with Crippen molar-refractivity contribution in [2.24, 2.45) is 5.92 Å². The van der Waals surface area contributed by atoms with Crippen molar-refractivity contribution in [1.82, 2.24) is 4.90 Å². The van der Waals surface area contributed by atoms with Gasteiger partial charge < -0.3 is 9.84 Å². The molecule has 1 saturated heterocycles. The lowest BCUT2D eigenvalue weighted by atomic mass is 9.96. The van der Waals surface area contributed by atoms with E-state index in [9.17, 15) is 14.7 Å². The fourth-order valence-corrected chi connectivity index (χ4v) is 3.36. The molecule has 1 aromatic rings. The Morgan fingerprint density at radius 3 is 2.62 bits per heavy atom. The molecular weight excluding hydrogens is 330 g/mol. The molecule has 0 saturated carbocycles. The predicted octanol–water partition coefficient (Wildman–Crippen LogP) is 3.93. The van der Waals surface area contributed by atoms with Crippen LogP contribution in [0.3, 0.4) is 0 Å². The Hall–Kier alpha value is -1.88. The highest BCUT2D eigenvalue weighted by molar-refractivity contribution is 5.94. The van der Waals surface area contributed by atoms with E-state index in [1.807, 2.05) is 30.3 Å². The molecule has 0 radical (unpaired) electrons. The number of ether oxygens (including phenoxy) is 1. The molecule has 1 aliphatic heterocycles. The average Bonchev–Trinajstić information content (AvgIpc) is 3.01. The van der Waals surface area contributed by atoms with Crippen LogP contribution < -0.4 is 0 Å². The smallest absolute Gasteiger partial charge is 0.416 e. The fourth-order valence-electron chi connectivity index (χ4n) is 3.36. The van der Waals surface area contributed by atoms with Crippen LogP contribution in [-0.4, -0.2) is 40.8 Å². The number of imide groups is 1. The van der Waals surface area contributed by atoms with E-state index in [0.717, 1.165) is 24.8 Å². The highest BCUT2D eigenvalue weighted by Gasteiger charge is 2.41. The van der Waals surface area contributed by atoms with E-state index in [1.54, 1.807) is 6.92 Å². The van der Waals surface area contributed by atoms with Crippen LogP contribution in [-0.2, 0) is 16.0 Å². The number of hydrogen-bond donors (Lipinski definition) is 1. The van der Waals surface area contributed by atoms with Gasteiger partial charge in [-0.1, -0.05) is 76.3 Å². The summed E-state index contributed by atoms with van der Waals surface area (Å²) in [5, 5.41) is 10.4. The number of aliphatic hydroxyl groups excluding tert-OH is 1. The number of cyclic esters (lactones) is 1. The summed E-state index contributed by atoms with van der Waals surface area (Å²) >= 11 is 0. The Labute approximate surface area is 156 Å². The summed E-state index contributed by atoms with van der Waals surface area (Å²) in [4.78, 5) is 26.1. The van der Waals surface area contributed by atoms with Gasteiger partial charge in [0.2, 0.25) is 5.91 Å². The standard InChI is InChI=1S/C21H31NO4/c1-3-4-5-6-10-13-19(23)16(2)20(24)22-18(15-26-21(22)25)14-17-11-8-7-9-12-17/h7-9,11-12,16,18-19,23H,3-6,10,13-15H2,1-2H3/t16?,18?,19-/m1/s1. The van der Waals surface area contributed by atoms with E-state index in [1.165, 1.54) is 17.7 Å². The highest BCUT2D eigenvalue weighted by Crippen LogP contribution is 2.22. The zero-order chi connectivity index (χ0) is 18.9. The van der Waals surface area contributed by atoms with Crippen molar-refractivity contribution in [3.63, 3.8) is 0 Å². The van der Waals surface area contributed by atoms with Gasteiger partial charge in [0.25, 0.3) is 0 Å². The van der Waals surface area contributed by atoms with Crippen LogP contribution in [0.15, 0.2) is 30.3 Å². The molecule has 144 valence electrons. The number of unbranched alkanes of at least 4 members (excludes halogenated alkanes) is 4. The molecule has 3 atom stereocenters. The van der Waals surface area contributed by atoms with E-state index in [4.69, 9.17) is 4.74 Å². The number of nitrogens with zero attached hydrogens (tertiary/aromatic N) is 1. The van der Waals surface area contributed by atoms with Crippen molar-refractivity contribution in [3.8, 4) is 0 Å². The van der Waals surface area contributed by atoms with E-state index in [2.05, 4.69) is 6.92 Å². The normalized spacial score (nSPS) is 19.3. The molecule has 26 heavy (non-hydrogen) atoms. The Morgan fingerprint density at radius 2 is 1.92 bits per heavy atom. The van der Waals surface area contributed by atoms with Gasteiger partial charge >= 0.3 is 6.09 Å². The highest BCUT2D eigenvalue weighted by atomic mass is 16.6. The van der Waals surface area contributed by atoms with Crippen LogP contribution in [0, 0.1) is 5.92 Å². The number of amides is 2. The van der Waals surface area contributed by atoms with Crippen molar-refractivity contribution in [1.29, 1.82) is 0 Å². The molecule has 0 aliphatic carbocycles. The number of carbonyl (C=O) groups excluding carboxylic acids is 2. The molecule has 1 aromatic carbocycles. The van der Waals surface area contributed by atoms with Crippen molar-refractivity contribution in [2.45, 2.75) is 70.9 Å². The first kappa shape index (κ1) is 20.4. The Kier molecular flexibility index (Phi) is 8.10. The van der Waals surface area contributed by atoms with Gasteiger partial charge in [0.15, 0.2) is 0 Å². The van der Waals surface area contributed by atoms with E-state index < -0.39 is 18.1 Å². The van der Waals surface area contributed by atoms with Gasteiger partial charge in [-0.2, -0.15) is 0 Å². The van der Waals surface area contributed by atoms with Crippen molar-refractivity contribution in [3.05, 3.63) is 35.9 Å². The third kappa shape index (κ3) is 5.56. The molecule has 2 amide bonds. The first-order chi connectivity index (χ1) is 12.5. The number of aliphatic hydroxyl groups is 1. The van der Waals surface area contributed by atoms with Crippen LogP contribution in [0.1, 0.15) is 57.9 Å². The summed E-state index contributed by atoms with van der Waals surface area (Å²) in [7, 11) is 0. The molecule has 1 aliphatic rings. The summed E-state index contributed by atoms with van der Waals surface area (Å²) in [6, 6.07) is 9.44. The number of hydrogen-bond acceptors (Lipinski definition) is 4. The summed E-state index contributed by atoms with van der Waals surface area (Å²) < 4.78 is 5.11. The largest absolute Gasteiger partial charge is 0.447 e. The first-order valence-corrected chi connectivity index (χ1v) is 9.76. The van der Waals surface area contributed by atoms with Gasteiger partial charge in [-0.15, -0.1) is 0 Å². The van der Waals surface area contributed by atoms with E-state index in [-0.39, 0.29) is 18.6 Å². The van der Waals surface area contributed by atoms with Crippen LogP contribution >= 0.6 is 0 Å². The Bertz CT molecular complexity index is 575. The van der Waals surface area contributed by atoms with Crippen LogP contribution in [0.25, 0.3) is 0 Å². The van der Waals surface area contributed by atoms with Gasteiger partial charge in [-0.05, 0) is 18.4 Å². The second-order valence-corrected chi connectivity index (χ2v) is 7.19. The summed E-state index contributed by atoms with van der Waals surface area (Å²) in [5.41, 5.74) is 1.05. The van der Waals surface area contributed by atoms with Crippen LogP contribution in [0.4, 0.5) is 4.79 Å². The maximum absolute atomic E-state index is 12.8. The van der Waals surface area contributed by atoms with E-state index >= 15 is 0 Å². The number of benzene rings is 1.